The molecule has 1 aromatic carbocycles. The van der Waals surface area contributed by atoms with Crippen LogP contribution in [0.4, 0.5) is 0 Å². The molecule has 3 fully saturated rings. The first kappa shape index (κ1) is 25.1. The quantitative estimate of drug-likeness (QED) is 0.332. The van der Waals surface area contributed by atoms with Crippen LogP contribution in [-0.4, -0.2) is 41.1 Å². The van der Waals surface area contributed by atoms with E-state index in [0.717, 1.165) is 63.0 Å². The van der Waals surface area contributed by atoms with Gasteiger partial charge in [0, 0.05) is 0 Å². The monoisotopic (exact) mass is 484 g/mol. The van der Waals surface area contributed by atoms with Gasteiger partial charge < -0.3 is 19.7 Å². The van der Waals surface area contributed by atoms with Crippen LogP contribution in [0, 0.1) is 29.6 Å². The lowest BCUT2D eigenvalue weighted by Crippen LogP contribution is -2.29. The average molecular weight is 485 g/mol. The minimum Gasteiger partial charge on any atom is -0.482 e. The summed E-state index contributed by atoms with van der Waals surface area (Å²) in [6.07, 6.45) is 12.9. The number of esters is 1. The summed E-state index contributed by atoms with van der Waals surface area (Å²) in [5.41, 5.74) is 2.49. The number of rotatable bonds is 11. The number of fused-ring (bicyclic) bond motifs is 4. The summed E-state index contributed by atoms with van der Waals surface area (Å²) < 4.78 is 11.8. The van der Waals surface area contributed by atoms with Crippen molar-refractivity contribution in [3.05, 3.63) is 29.3 Å². The molecule has 0 radical (unpaired) electrons. The summed E-state index contributed by atoms with van der Waals surface area (Å²) in [6.45, 7) is 2.16. The van der Waals surface area contributed by atoms with Gasteiger partial charge in [-0.2, -0.15) is 0 Å². The number of unbranched alkanes of at least 4 members (excludes halogenated alkanes) is 2. The van der Waals surface area contributed by atoms with E-state index < -0.39 is 0 Å². The Balaban J connectivity index is 1.15. The van der Waals surface area contributed by atoms with Crippen molar-refractivity contribution in [2.75, 3.05) is 6.61 Å². The molecular formula is C30H44O5. The highest BCUT2D eigenvalue weighted by Gasteiger charge is 2.45. The van der Waals surface area contributed by atoms with Gasteiger partial charge in [0.05, 0.1) is 12.2 Å². The minimum absolute atomic E-state index is 0.0282. The number of benzene rings is 1. The standard InChI is InChI=1S/C30H44O5/c1-2-3-4-7-23(31)11-12-24-25-15-20-6-5-8-28(26(20)16-22(25)17-27(24)32)34-18-30(33)35-29-14-19-9-10-21(29)13-19/h5-6,8,19,21-25,27,29,31-32H,2-4,7,9-18H2,1H3/t19?,21?,22-,23+,24+,25-,27+,29?/m0/s1. The van der Waals surface area contributed by atoms with Crippen molar-refractivity contribution in [1.29, 1.82) is 0 Å². The fraction of sp³-hybridized carbons (Fsp3) is 0.767. The Morgan fingerprint density at radius 2 is 1.97 bits per heavy atom. The Hall–Kier alpha value is -1.59. The first-order valence-electron chi connectivity index (χ1n) is 14.3. The van der Waals surface area contributed by atoms with E-state index in [9.17, 15) is 15.0 Å². The molecule has 8 atom stereocenters. The largest absolute Gasteiger partial charge is 0.482 e. The zero-order chi connectivity index (χ0) is 24.4. The van der Waals surface area contributed by atoms with E-state index in [1.807, 2.05) is 12.1 Å². The van der Waals surface area contributed by atoms with Crippen LogP contribution < -0.4 is 4.74 Å². The molecule has 5 rings (SSSR count). The van der Waals surface area contributed by atoms with Crippen molar-refractivity contribution in [3.8, 4) is 5.75 Å². The molecular weight excluding hydrogens is 440 g/mol. The zero-order valence-corrected chi connectivity index (χ0v) is 21.4. The Labute approximate surface area is 210 Å². The van der Waals surface area contributed by atoms with Gasteiger partial charge in [-0.15, -0.1) is 0 Å². The SMILES string of the molecule is CCCCC[C@@H](O)CC[C@@H]1[C@H]2Cc3cccc(OCC(=O)OC4CC5CCC4C5)c3C[C@H]2C[C@H]1O. The Morgan fingerprint density at radius 1 is 1.09 bits per heavy atom. The predicted octanol–water partition coefficient (Wildman–Crippen LogP) is 5.23. The van der Waals surface area contributed by atoms with Crippen LogP contribution in [-0.2, 0) is 22.4 Å². The highest BCUT2D eigenvalue weighted by molar-refractivity contribution is 5.71. The summed E-state index contributed by atoms with van der Waals surface area (Å²) in [4.78, 5) is 12.5. The van der Waals surface area contributed by atoms with Crippen LogP contribution in [0.5, 0.6) is 5.75 Å². The molecule has 194 valence electrons. The molecule has 35 heavy (non-hydrogen) atoms. The van der Waals surface area contributed by atoms with Gasteiger partial charge in [0.15, 0.2) is 6.61 Å². The molecule has 0 saturated heterocycles. The normalized spacial score (nSPS) is 33.9. The maximum Gasteiger partial charge on any atom is 0.344 e. The van der Waals surface area contributed by atoms with Crippen LogP contribution in [0.2, 0.25) is 0 Å². The van der Waals surface area contributed by atoms with Crippen LogP contribution in [0.25, 0.3) is 0 Å². The number of ether oxygens (including phenoxy) is 2. The number of carbonyl (C=O) groups is 1. The molecule has 5 heteroatoms. The highest BCUT2D eigenvalue weighted by Crippen LogP contribution is 2.49. The maximum absolute atomic E-state index is 12.5. The summed E-state index contributed by atoms with van der Waals surface area (Å²) >= 11 is 0. The molecule has 0 aromatic heterocycles. The van der Waals surface area contributed by atoms with Gasteiger partial charge in [0.1, 0.15) is 11.9 Å². The van der Waals surface area contributed by atoms with E-state index in [1.54, 1.807) is 0 Å². The van der Waals surface area contributed by atoms with Gasteiger partial charge >= 0.3 is 5.97 Å². The van der Waals surface area contributed by atoms with Gasteiger partial charge in [-0.05, 0) is 111 Å². The van der Waals surface area contributed by atoms with E-state index >= 15 is 0 Å². The lowest BCUT2D eigenvalue weighted by molar-refractivity contribution is -0.153. The summed E-state index contributed by atoms with van der Waals surface area (Å²) in [7, 11) is 0. The van der Waals surface area contributed by atoms with Crippen molar-refractivity contribution < 1.29 is 24.5 Å². The molecule has 2 bridgehead atoms. The second kappa shape index (κ2) is 11.2. The molecule has 0 heterocycles. The van der Waals surface area contributed by atoms with Crippen LogP contribution in [0.15, 0.2) is 18.2 Å². The number of hydrogen-bond donors (Lipinski definition) is 2. The number of aliphatic hydroxyl groups is 2. The molecule has 4 aliphatic carbocycles. The van der Waals surface area contributed by atoms with Gasteiger partial charge in [0.2, 0.25) is 0 Å². The molecule has 3 saturated carbocycles. The molecule has 4 aliphatic rings. The molecule has 0 spiro atoms. The van der Waals surface area contributed by atoms with E-state index in [4.69, 9.17) is 9.47 Å². The average Bonchev–Trinajstić information content (AvgIpc) is 3.54. The van der Waals surface area contributed by atoms with Crippen LogP contribution in [0.3, 0.4) is 0 Å². The third-order valence-corrected chi connectivity index (χ3v) is 9.62. The third kappa shape index (κ3) is 5.72. The molecule has 0 amide bonds. The second-order valence-electron chi connectivity index (χ2n) is 11.9. The highest BCUT2D eigenvalue weighted by atomic mass is 16.6. The summed E-state index contributed by atoms with van der Waals surface area (Å²) in [5.74, 6) is 3.02. The zero-order valence-electron chi connectivity index (χ0n) is 21.4. The van der Waals surface area contributed by atoms with E-state index in [-0.39, 0.29) is 36.8 Å². The molecule has 3 unspecified atom stereocenters. The van der Waals surface area contributed by atoms with Crippen molar-refractivity contribution in [3.63, 3.8) is 0 Å². The fourth-order valence-corrected chi connectivity index (χ4v) is 7.77. The van der Waals surface area contributed by atoms with Crippen LogP contribution in [0.1, 0.15) is 88.7 Å². The molecule has 2 N–H and O–H groups in total. The minimum atomic E-state index is -0.289. The summed E-state index contributed by atoms with van der Waals surface area (Å²) in [5, 5.41) is 21.3. The molecule has 0 aliphatic heterocycles. The number of carbonyl (C=O) groups excluding carboxylic acids is 1. The first-order valence-corrected chi connectivity index (χ1v) is 14.3. The third-order valence-electron chi connectivity index (χ3n) is 9.62. The smallest absolute Gasteiger partial charge is 0.344 e. The lowest BCUT2D eigenvalue weighted by atomic mass is 9.73. The van der Waals surface area contributed by atoms with Crippen molar-refractivity contribution in [2.24, 2.45) is 29.6 Å². The number of aliphatic hydroxyl groups excluding tert-OH is 2. The van der Waals surface area contributed by atoms with Crippen molar-refractivity contribution in [1.82, 2.24) is 0 Å². The topological polar surface area (TPSA) is 76.0 Å². The van der Waals surface area contributed by atoms with Crippen molar-refractivity contribution >= 4 is 5.97 Å². The molecule has 1 aromatic rings. The maximum atomic E-state index is 12.5. The predicted molar refractivity (Wildman–Crippen MR) is 135 cm³/mol. The van der Waals surface area contributed by atoms with E-state index in [0.29, 0.717) is 17.8 Å². The lowest BCUT2D eigenvalue weighted by Gasteiger charge is -2.32. The molecule has 5 nitrogen and oxygen atoms in total. The van der Waals surface area contributed by atoms with Crippen molar-refractivity contribution in [2.45, 2.75) is 109 Å². The van der Waals surface area contributed by atoms with Gasteiger partial charge in [0.25, 0.3) is 0 Å². The fourth-order valence-electron chi connectivity index (χ4n) is 7.77. The summed E-state index contributed by atoms with van der Waals surface area (Å²) in [6, 6.07) is 6.17. The van der Waals surface area contributed by atoms with Crippen LogP contribution >= 0.6 is 0 Å². The van der Waals surface area contributed by atoms with E-state index in [1.165, 1.54) is 43.2 Å². The Morgan fingerprint density at radius 3 is 2.74 bits per heavy atom. The number of hydrogen-bond acceptors (Lipinski definition) is 5. The Bertz CT molecular complexity index is 868. The van der Waals surface area contributed by atoms with E-state index in [2.05, 4.69) is 13.0 Å². The van der Waals surface area contributed by atoms with Gasteiger partial charge in [-0.3, -0.25) is 0 Å². The Kier molecular flexibility index (Phi) is 8.03. The van der Waals surface area contributed by atoms with Gasteiger partial charge in [-0.1, -0.05) is 38.3 Å². The van der Waals surface area contributed by atoms with Gasteiger partial charge in [-0.25, -0.2) is 4.79 Å². The second-order valence-corrected chi connectivity index (χ2v) is 11.9. The first-order chi connectivity index (χ1) is 17.0.